The summed E-state index contributed by atoms with van der Waals surface area (Å²) in [6.45, 7) is 0. The van der Waals surface area contributed by atoms with Crippen molar-refractivity contribution in [2.75, 3.05) is 0 Å². The molecule has 1 saturated carbocycles. The summed E-state index contributed by atoms with van der Waals surface area (Å²) in [5.41, 5.74) is 5.36. The van der Waals surface area contributed by atoms with Gasteiger partial charge in [0, 0.05) is 29.4 Å². The predicted molar refractivity (Wildman–Crippen MR) is 91.0 cm³/mol. The molecule has 1 aromatic carbocycles. The predicted octanol–water partition coefficient (Wildman–Crippen LogP) is 3.53. The van der Waals surface area contributed by atoms with Crippen molar-refractivity contribution in [2.45, 2.75) is 32.1 Å². The Morgan fingerprint density at radius 3 is 2.43 bits per heavy atom. The summed E-state index contributed by atoms with van der Waals surface area (Å²) in [5, 5.41) is 4.42. The van der Waals surface area contributed by atoms with Gasteiger partial charge >= 0.3 is 0 Å². The summed E-state index contributed by atoms with van der Waals surface area (Å²) in [4.78, 5) is 16.5. The zero-order valence-electron chi connectivity index (χ0n) is 13.1. The second kappa shape index (κ2) is 7.68. The van der Waals surface area contributed by atoms with Crippen molar-refractivity contribution in [2.24, 2.45) is 11.0 Å². The summed E-state index contributed by atoms with van der Waals surface area (Å²) >= 11 is 0. The third-order valence-electron chi connectivity index (χ3n) is 4.24. The van der Waals surface area contributed by atoms with Gasteiger partial charge in [0.25, 0.3) is 0 Å². The lowest BCUT2D eigenvalue weighted by atomic mass is 9.89. The quantitative estimate of drug-likeness (QED) is 0.694. The van der Waals surface area contributed by atoms with E-state index in [1.54, 1.807) is 12.4 Å². The number of pyridine rings is 1. The van der Waals surface area contributed by atoms with Crippen LogP contribution in [-0.4, -0.2) is 16.6 Å². The van der Waals surface area contributed by atoms with Crippen LogP contribution in [0, 0.1) is 5.92 Å². The molecule has 1 aliphatic carbocycles. The van der Waals surface area contributed by atoms with Gasteiger partial charge in [-0.2, -0.15) is 5.10 Å². The van der Waals surface area contributed by atoms with Crippen LogP contribution in [0.2, 0.25) is 0 Å². The van der Waals surface area contributed by atoms with Gasteiger partial charge in [-0.15, -0.1) is 0 Å². The average molecular weight is 307 g/mol. The van der Waals surface area contributed by atoms with Gasteiger partial charge in [0.15, 0.2) is 0 Å². The largest absolute Gasteiger partial charge is 0.273 e. The molecule has 1 N–H and O–H groups in total. The van der Waals surface area contributed by atoms with E-state index in [0.29, 0.717) is 0 Å². The van der Waals surface area contributed by atoms with Crippen molar-refractivity contribution in [1.29, 1.82) is 0 Å². The minimum atomic E-state index is 0.0296. The van der Waals surface area contributed by atoms with Gasteiger partial charge in [0.1, 0.15) is 0 Å². The van der Waals surface area contributed by atoms with Crippen molar-refractivity contribution >= 4 is 11.6 Å². The normalized spacial score (nSPS) is 16.1. The molecule has 0 unspecified atom stereocenters. The first-order valence-electron chi connectivity index (χ1n) is 8.18. The molecule has 1 amide bonds. The number of hydrogen-bond donors (Lipinski definition) is 1. The first kappa shape index (κ1) is 15.4. The summed E-state index contributed by atoms with van der Waals surface area (Å²) < 4.78 is 0. The number of benzene rings is 1. The highest BCUT2D eigenvalue weighted by atomic mass is 16.2. The van der Waals surface area contributed by atoms with Crippen molar-refractivity contribution in [3.05, 3.63) is 66.0 Å². The van der Waals surface area contributed by atoms with Crippen molar-refractivity contribution < 1.29 is 4.79 Å². The van der Waals surface area contributed by atoms with E-state index in [2.05, 4.69) is 15.5 Å². The molecule has 0 bridgehead atoms. The zero-order chi connectivity index (χ0) is 15.9. The second-order valence-corrected chi connectivity index (χ2v) is 5.88. The molecule has 0 atom stereocenters. The first-order valence-corrected chi connectivity index (χ1v) is 8.18. The van der Waals surface area contributed by atoms with Gasteiger partial charge in [-0.05, 0) is 25.0 Å². The van der Waals surface area contributed by atoms with E-state index in [1.807, 2.05) is 42.5 Å². The Bertz CT molecular complexity index is 620. The smallest absolute Gasteiger partial charge is 0.243 e. The third-order valence-corrected chi connectivity index (χ3v) is 4.24. The van der Waals surface area contributed by atoms with Crippen LogP contribution in [0.15, 0.2) is 60.0 Å². The highest BCUT2D eigenvalue weighted by Gasteiger charge is 2.21. The third kappa shape index (κ3) is 4.03. The molecule has 0 aliphatic heterocycles. The highest BCUT2D eigenvalue weighted by Crippen LogP contribution is 2.23. The summed E-state index contributed by atoms with van der Waals surface area (Å²) in [5.74, 6) is 0.125. The first-order chi connectivity index (χ1) is 11.3. The van der Waals surface area contributed by atoms with Crippen LogP contribution in [0.5, 0.6) is 0 Å². The van der Waals surface area contributed by atoms with E-state index in [-0.39, 0.29) is 11.8 Å². The maximum absolute atomic E-state index is 12.3. The fraction of sp³-hybridized carbons (Fsp3) is 0.316. The molecule has 1 heterocycles. The number of nitrogens with one attached hydrogen (secondary N) is 1. The molecule has 0 radical (unpaired) electrons. The van der Waals surface area contributed by atoms with Crippen LogP contribution in [0.3, 0.4) is 0 Å². The van der Waals surface area contributed by atoms with Gasteiger partial charge in [-0.25, -0.2) is 5.43 Å². The lowest BCUT2D eigenvalue weighted by molar-refractivity contribution is -0.125. The highest BCUT2D eigenvalue weighted by molar-refractivity contribution is 6.12. The molecule has 1 aliphatic rings. The minimum Gasteiger partial charge on any atom is -0.273 e. The van der Waals surface area contributed by atoms with Crippen molar-refractivity contribution in [3.8, 4) is 0 Å². The van der Waals surface area contributed by atoms with Crippen LogP contribution in [0.4, 0.5) is 0 Å². The number of hydrogen-bond acceptors (Lipinski definition) is 3. The van der Waals surface area contributed by atoms with Crippen LogP contribution in [-0.2, 0) is 4.79 Å². The van der Waals surface area contributed by atoms with Gasteiger partial charge in [0.05, 0.1) is 5.71 Å². The maximum atomic E-state index is 12.3. The van der Waals surface area contributed by atoms with E-state index < -0.39 is 0 Å². The molecule has 23 heavy (non-hydrogen) atoms. The van der Waals surface area contributed by atoms with E-state index in [4.69, 9.17) is 0 Å². The Labute approximate surface area is 136 Å². The number of carbonyl (C=O) groups excluding carboxylic acids is 1. The number of aromatic nitrogens is 1. The average Bonchev–Trinajstić information content (AvgIpc) is 2.64. The number of hydrazone groups is 1. The van der Waals surface area contributed by atoms with E-state index >= 15 is 0 Å². The SMILES string of the molecule is O=C(N/N=C(/c1ccccc1)c1cccnc1)C1CCCCC1. The number of rotatable bonds is 4. The van der Waals surface area contributed by atoms with Crippen LogP contribution in [0.1, 0.15) is 43.2 Å². The summed E-state index contributed by atoms with van der Waals surface area (Å²) in [6, 6.07) is 13.7. The molecule has 118 valence electrons. The Kier molecular flexibility index (Phi) is 5.14. The molecular formula is C19H21N3O. The Morgan fingerprint density at radius 1 is 1.00 bits per heavy atom. The zero-order valence-corrected chi connectivity index (χ0v) is 13.1. The molecule has 0 saturated heterocycles. The molecule has 4 heteroatoms. The van der Waals surface area contributed by atoms with Crippen LogP contribution in [0.25, 0.3) is 0 Å². The Balaban J connectivity index is 1.82. The standard InChI is InChI=1S/C19H21N3O/c23-19(16-10-5-2-6-11-16)22-21-18(15-8-3-1-4-9-15)17-12-7-13-20-14-17/h1,3-4,7-9,12-14,16H,2,5-6,10-11H2,(H,22,23)/b21-18-. The molecule has 3 rings (SSSR count). The van der Waals surface area contributed by atoms with Crippen molar-refractivity contribution in [1.82, 2.24) is 10.4 Å². The van der Waals surface area contributed by atoms with E-state index in [0.717, 1.165) is 42.5 Å². The number of nitrogens with zero attached hydrogens (tertiary/aromatic N) is 2. The maximum Gasteiger partial charge on any atom is 0.243 e. The fourth-order valence-electron chi connectivity index (χ4n) is 2.96. The minimum absolute atomic E-state index is 0.0296. The van der Waals surface area contributed by atoms with Gasteiger partial charge < -0.3 is 0 Å². The molecule has 4 nitrogen and oxygen atoms in total. The molecule has 1 aromatic heterocycles. The molecule has 2 aromatic rings. The molecule has 1 fully saturated rings. The van der Waals surface area contributed by atoms with E-state index in [1.165, 1.54) is 6.42 Å². The number of carbonyl (C=O) groups is 1. The Hall–Kier alpha value is -2.49. The van der Waals surface area contributed by atoms with Gasteiger partial charge in [-0.3, -0.25) is 9.78 Å². The number of amides is 1. The van der Waals surface area contributed by atoms with Crippen molar-refractivity contribution in [3.63, 3.8) is 0 Å². The summed E-state index contributed by atoms with van der Waals surface area (Å²) in [6.07, 6.45) is 8.93. The lowest BCUT2D eigenvalue weighted by Crippen LogP contribution is -2.29. The monoisotopic (exact) mass is 307 g/mol. The van der Waals surface area contributed by atoms with Crippen LogP contribution < -0.4 is 5.43 Å². The van der Waals surface area contributed by atoms with Gasteiger partial charge in [0.2, 0.25) is 5.91 Å². The van der Waals surface area contributed by atoms with Gasteiger partial charge in [-0.1, -0.05) is 49.6 Å². The molecular weight excluding hydrogens is 286 g/mol. The Morgan fingerprint density at radius 2 is 1.74 bits per heavy atom. The van der Waals surface area contributed by atoms with E-state index in [9.17, 15) is 4.79 Å². The lowest BCUT2D eigenvalue weighted by Gasteiger charge is -2.19. The topological polar surface area (TPSA) is 54.4 Å². The van der Waals surface area contributed by atoms with Crippen LogP contribution >= 0.6 is 0 Å². The second-order valence-electron chi connectivity index (χ2n) is 5.88. The fourth-order valence-corrected chi connectivity index (χ4v) is 2.96. The summed E-state index contributed by atoms with van der Waals surface area (Å²) in [7, 11) is 0. The molecule has 0 spiro atoms.